The monoisotopic (exact) mass is 331 g/mol. The van der Waals surface area contributed by atoms with Gasteiger partial charge in [-0.05, 0) is 64.0 Å². The van der Waals surface area contributed by atoms with E-state index in [0.717, 1.165) is 44.4 Å². The van der Waals surface area contributed by atoms with Crippen molar-refractivity contribution in [3.05, 3.63) is 29.8 Å². The molecule has 0 radical (unpaired) electrons. The van der Waals surface area contributed by atoms with Gasteiger partial charge in [-0.25, -0.2) is 0 Å². The van der Waals surface area contributed by atoms with Gasteiger partial charge in [0.1, 0.15) is 12.4 Å². The third-order valence-corrected chi connectivity index (χ3v) is 4.50. The highest BCUT2D eigenvalue weighted by Gasteiger charge is 2.20. The molecule has 0 amide bonds. The number of piperidine rings is 1. The molecule has 1 fully saturated rings. The third-order valence-electron chi connectivity index (χ3n) is 4.50. The minimum Gasteiger partial charge on any atom is -0.492 e. The Kier molecular flexibility index (Phi) is 7.51. The molecular formula is C19H29N3O2. The van der Waals surface area contributed by atoms with Crippen molar-refractivity contribution in [2.75, 3.05) is 46.4 Å². The van der Waals surface area contributed by atoms with Crippen LogP contribution in [0.1, 0.15) is 25.3 Å². The van der Waals surface area contributed by atoms with Crippen LogP contribution in [0.5, 0.6) is 5.75 Å². The van der Waals surface area contributed by atoms with Crippen molar-refractivity contribution in [3.8, 4) is 11.8 Å². The fraction of sp³-hybridized carbons (Fsp3) is 0.632. The number of nitrogens with zero attached hydrogens (tertiary/aromatic N) is 3. The summed E-state index contributed by atoms with van der Waals surface area (Å²) >= 11 is 0. The topological polar surface area (TPSA) is 59.7 Å². The van der Waals surface area contributed by atoms with Crippen molar-refractivity contribution in [1.82, 2.24) is 9.80 Å². The first kappa shape index (κ1) is 18.7. The summed E-state index contributed by atoms with van der Waals surface area (Å²) in [6.45, 7) is 7.41. The van der Waals surface area contributed by atoms with Crippen molar-refractivity contribution in [2.45, 2.75) is 25.9 Å². The highest BCUT2D eigenvalue weighted by atomic mass is 16.5. The van der Waals surface area contributed by atoms with Crippen LogP contribution in [0.15, 0.2) is 24.3 Å². The Morgan fingerprint density at radius 1 is 1.42 bits per heavy atom. The van der Waals surface area contributed by atoms with Crippen LogP contribution < -0.4 is 4.74 Å². The molecule has 0 aliphatic carbocycles. The van der Waals surface area contributed by atoms with Crippen molar-refractivity contribution in [3.63, 3.8) is 0 Å². The van der Waals surface area contributed by atoms with E-state index in [1.165, 1.54) is 12.8 Å². The molecule has 0 bridgehead atoms. The molecule has 24 heavy (non-hydrogen) atoms. The lowest BCUT2D eigenvalue weighted by Gasteiger charge is -2.34. The lowest BCUT2D eigenvalue weighted by Crippen LogP contribution is -2.41. The lowest BCUT2D eigenvalue weighted by molar-refractivity contribution is 0.0910. The maximum Gasteiger partial charge on any atom is 0.120 e. The first-order valence-electron chi connectivity index (χ1n) is 8.78. The van der Waals surface area contributed by atoms with Crippen molar-refractivity contribution in [2.24, 2.45) is 5.92 Å². The number of likely N-dealkylation sites (N-methyl/N-ethyl adjacent to an activating group) is 1. The van der Waals surface area contributed by atoms with Gasteiger partial charge in [-0.2, -0.15) is 5.26 Å². The van der Waals surface area contributed by atoms with Gasteiger partial charge in [-0.3, -0.25) is 0 Å². The molecule has 2 rings (SSSR count). The smallest absolute Gasteiger partial charge is 0.120 e. The van der Waals surface area contributed by atoms with Crippen LogP contribution in [-0.4, -0.2) is 67.4 Å². The van der Waals surface area contributed by atoms with Gasteiger partial charge in [0.05, 0.1) is 17.7 Å². The van der Waals surface area contributed by atoms with Gasteiger partial charge in [0.2, 0.25) is 0 Å². The standard InChI is InChI=1S/C19H29N3O2/c1-16(23)14-22-8-6-17(7-9-22)15-21(2)10-11-24-19-5-3-4-18(12-19)13-20/h3-5,12,16-17,23H,6-11,14-15H2,1-2H3/t16-/m0/s1. The number of benzene rings is 1. The molecule has 0 saturated carbocycles. The zero-order valence-electron chi connectivity index (χ0n) is 14.8. The molecule has 1 atom stereocenters. The first-order chi connectivity index (χ1) is 11.6. The summed E-state index contributed by atoms with van der Waals surface area (Å²) in [5, 5.41) is 18.4. The number of ether oxygens (including phenoxy) is 1. The number of aliphatic hydroxyl groups excluding tert-OH is 1. The second-order valence-corrected chi connectivity index (χ2v) is 6.84. The van der Waals surface area contributed by atoms with Crippen molar-refractivity contribution >= 4 is 0 Å². The number of rotatable bonds is 8. The highest BCUT2D eigenvalue weighted by Crippen LogP contribution is 2.18. The summed E-state index contributed by atoms with van der Waals surface area (Å²) in [7, 11) is 2.14. The Bertz CT molecular complexity index is 534. The van der Waals surface area contributed by atoms with Gasteiger partial charge in [0, 0.05) is 19.6 Å². The minimum absolute atomic E-state index is 0.235. The Morgan fingerprint density at radius 2 is 2.17 bits per heavy atom. The normalized spacial score (nSPS) is 17.6. The van der Waals surface area contributed by atoms with Crippen LogP contribution in [0, 0.1) is 17.2 Å². The summed E-state index contributed by atoms with van der Waals surface area (Å²) in [6.07, 6.45) is 2.16. The molecule has 5 nitrogen and oxygen atoms in total. The molecule has 0 spiro atoms. The Labute approximate surface area is 145 Å². The second kappa shape index (κ2) is 9.63. The van der Waals surface area contributed by atoms with E-state index in [2.05, 4.69) is 22.9 Å². The van der Waals surface area contributed by atoms with Crippen LogP contribution in [-0.2, 0) is 0 Å². The molecule has 1 heterocycles. The predicted octanol–water partition coefficient (Wildman–Crippen LogP) is 1.96. The summed E-state index contributed by atoms with van der Waals surface area (Å²) in [4.78, 5) is 4.68. The molecule has 1 N–H and O–H groups in total. The molecule has 1 aliphatic rings. The highest BCUT2D eigenvalue weighted by molar-refractivity contribution is 5.36. The van der Waals surface area contributed by atoms with Crippen LogP contribution in [0.4, 0.5) is 0 Å². The maximum atomic E-state index is 9.46. The number of hydrogen-bond donors (Lipinski definition) is 1. The van der Waals surface area contributed by atoms with Gasteiger partial charge in [-0.1, -0.05) is 6.07 Å². The number of likely N-dealkylation sites (tertiary alicyclic amines) is 1. The second-order valence-electron chi connectivity index (χ2n) is 6.84. The van der Waals surface area contributed by atoms with E-state index in [-0.39, 0.29) is 6.10 Å². The molecule has 5 heteroatoms. The Morgan fingerprint density at radius 3 is 2.83 bits per heavy atom. The van der Waals surface area contributed by atoms with Gasteiger partial charge >= 0.3 is 0 Å². The molecule has 1 aliphatic heterocycles. The van der Waals surface area contributed by atoms with Gasteiger partial charge in [0.25, 0.3) is 0 Å². The van der Waals surface area contributed by atoms with E-state index in [1.807, 2.05) is 19.1 Å². The fourth-order valence-corrected chi connectivity index (χ4v) is 3.23. The zero-order chi connectivity index (χ0) is 17.4. The molecule has 1 saturated heterocycles. The zero-order valence-corrected chi connectivity index (χ0v) is 14.8. The van der Waals surface area contributed by atoms with E-state index in [1.54, 1.807) is 12.1 Å². The first-order valence-corrected chi connectivity index (χ1v) is 8.78. The average Bonchev–Trinajstić information content (AvgIpc) is 2.56. The summed E-state index contributed by atoms with van der Waals surface area (Å²) in [6, 6.07) is 9.42. The van der Waals surface area contributed by atoms with Crippen LogP contribution >= 0.6 is 0 Å². The average molecular weight is 331 g/mol. The summed E-state index contributed by atoms with van der Waals surface area (Å²) in [5.74, 6) is 1.48. The minimum atomic E-state index is -0.235. The van der Waals surface area contributed by atoms with Gasteiger partial charge in [0.15, 0.2) is 0 Å². The number of aliphatic hydroxyl groups is 1. The molecule has 0 unspecified atom stereocenters. The number of nitriles is 1. The van der Waals surface area contributed by atoms with Crippen LogP contribution in [0.2, 0.25) is 0 Å². The van der Waals surface area contributed by atoms with Crippen molar-refractivity contribution < 1.29 is 9.84 Å². The van der Waals surface area contributed by atoms with Crippen molar-refractivity contribution in [1.29, 1.82) is 5.26 Å². The summed E-state index contributed by atoms with van der Waals surface area (Å²) < 4.78 is 5.74. The molecule has 1 aromatic carbocycles. The van der Waals surface area contributed by atoms with E-state index in [0.29, 0.717) is 12.2 Å². The predicted molar refractivity (Wildman–Crippen MR) is 95.0 cm³/mol. The van der Waals surface area contributed by atoms with E-state index in [9.17, 15) is 5.11 Å². The molecule has 132 valence electrons. The Balaban J connectivity index is 1.63. The van der Waals surface area contributed by atoms with E-state index >= 15 is 0 Å². The molecular weight excluding hydrogens is 302 g/mol. The van der Waals surface area contributed by atoms with Crippen LogP contribution in [0.25, 0.3) is 0 Å². The third kappa shape index (κ3) is 6.48. The SMILES string of the molecule is C[C@H](O)CN1CCC(CN(C)CCOc2cccc(C#N)c2)CC1. The van der Waals surface area contributed by atoms with Gasteiger partial charge < -0.3 is 19.6 Å². The number of hydrogen-bond acceptors (Lipinski definition) is 5. The fourth-order valence-electron chi connectivity index (χ4n) is 3.23. The van der Waals surface area contributed by atoms with E-state index in [4.69, 9.17) is 10.00 Å². The largest absolute Gasteiger partial charge is 0.492 e. The van der Waals surface area contributed by atoms with Gasteiger partial charge in [-0.15, -0.1) is 0 Å². The van der Waals surface area contributed by atoms with Crippen LogP contribution in [0.3, 0.4) is 0 Å². The number of β-amino-alcohol motifs (C(OH)–C–C–N with tert-alkyl or cyclic N) is 1. The summed E-state index contributed by atoms with van der Waals surface area (Å²) in [5.41, 5.74) is 0.629. The Hall–Kier alpha value is -1.61. The quantitative estimate of drug-likeness (QED) is 0.789. The molecule has 0 aromatic heterocycles. The van der Waals surface area contributed by atoms with E-state index < -0.39 is 0 Å². The maximum absolute atomic E-state index is 9.46. The lowest BCUT2D eigenvalue weighted by atomic mass is 9.96. The molecule has 1 aromatic rings.